The maximum Gasteiger partial charge on any atom is 0.243 e. The summed E-state index contributed by atoms with van der Waals surface area (Å²) >= 11 is 0. The lowest BCUT2D eigenvalue weighted by Crippen LogP contribution is -2.49. The zero-order chi connectivity index (χ0) is 10.7. The molecule has 92 valence electrons. The van der Waals surface area contributed by atoms with Gasteiger partial charge in [-0.05, 0) is 38.8 Å². The highest BCUT2D eigenvalue weighted by molar-refractivity contribution is 6.00. The summed E-state index contributed by atoms with van der Waals surface area (Å²) in [7, 11) is 0. The molecule has 2 fully saturated rings. The van der Waals surface area contributed by atoms with Crippen molar-refractivity contribution < 1.29 is 9.59 Å². The van der Waals surface area contributed by atoms with Gasteiger partial charge < -0.3 is 10.6 Å². The molecule has 2 atom stereocenters. The Bertz CT molecular complexity index is 235. The van der Waals surface area contributed by atoms with Gasteiger partial charge in [-0.25, -0.2) is 0 Å². The molecule has 0 spiro atoms. The Hall–Kier alpha value is -0.650. The molecular formula is C10H18ClN3O2. The second-order valence-corrected chi connectivity index (χ2v) is 4.15. The van der Waals surface area contributed by atoms with E-state index in [-0.39, 0.29) is 36.3 Å². The van der Waals surface area contributed by atoms with Gasteiger partial charge in [0.2, 0.25) is 11.8 Å². The van der Waals surface area contributed by atoms with Gasteiger partial charge in [0, 0.05) is 0 Å². The van der Waals surface area contributed by atoms with Crippen molar-refractivity contribution in [2.24, 2.45) is 0 Å². The predicted octanol–water partition coefficient (Wildman–Crippen LogP) is -0.445. The minimum absolute atomic E-state index is 0. The number of halogens is 1. The van der Waals surface area contributed by atoms with Gasteiger partial charge in [0.05, 0.1) is 12.1 Å². The van der Waals surface area contributed by atoms with Crippen molar-refractivity contribution in [2.45, 2.75) is 37.8 Å². The summed E-state index contributed by atoms with van der Waals surface area (Å²) in [4.78, 5) is 23.2. The van der Waals surface area contributed by atoms with E-state index in [0.717, 1.165) is 38.8 Å². The molecule has 0 aromatic heterocycles. The SMILES string of the molecule is Cl.O=C(NC(=O)[C@@H]1CCCN1)C1CCCN1. The zero-order valence-electron chi connectivity index (χ0n) is 9.12. The largest absolute Gasteiger partial charge is 0.306 e. The van der Waals surface area contributed by atoms with Gasteiger partial charge in [-0.15, -0.1) is 12.4 Å². The summed E-state index contributed by atoms with van der Waals surface area (Å²) in [5.41, 5.74) is 0. The van der Waals surface area contributed by atoms with E-state index in [4.69, 9.17) is 0 Å². The molecule has 0 radical (unpaired) electrons. The van der Waals surface area contributed by atoms with Crippen molar-refractivity contribution in [1.82, 2.24) is 16.0 Å². The normalized spacial score (nSPS) is 28.5. The van der Waals surface area contributed by atoms with Crippen molar-refractivity contribution in [2.75, 3.05) is 13.1 Å². The minimum Gasteiger partial charge on any atom is -0.306 e. The summed E-state index contributed by atoms with van der Waals surface area (Å²) in [6, 6.07) is -0.342. The third kappa shape index (κ3) is 3.17. The average Bonchev–Trinajstić information content (AvgIpc) is 2.91. The van der Waals surface area contributed by atoms with Gasteiger partial charge in [0.25, 0.3) is 0 Å². The molecular weight excluding hydrogens is 230 g/mol. The fraction of sp³-hybridized carbons (Fsp3) is 0.800. The van der Waals surface area contributed by atoms with Crippen LogP contribution in [0.2, 0.25) is 0 Å². The average molecular weight is 248 g/mol. The van der Waals surface area contributed by atoms with E-state index < -0.39 is 0 Å². The van der Waals surface area contributed by atoms with Crippen LogP contribution in [0.1, 0.15) is 25.7 Å². The van der Waals surface area contributed by atoms with Crippen LogP contribution in [-0.4, -0.2) is 37.0 Å². The summed E-state index contributed by atoms with van der Waals surface area (Å²) < 4.78 is 0. The van der Waals surface area contributed by atoms with E-state index >= 15 is 0 Å². The fourth-order valence-electron chi connectivity index (χ4n) is 2.11. The molecule has 2 saturated heterocycles. The molecule has 2 amide bonds. The Morgan fingerprint density at radius 2 is 1.38 bits per heavy atom. The molecule has 0 aromatic carbocycles. The molecule has 5 nitrogen and oxygen atoms in total. The van der Waals surface area contributed by atoms with E-state index in [1.807, 2.05) is 0 Å². The summed E-state index contributed by atoms with van der Waals surface area (Å²) in [5.74, 6) is -0.350. The lowest BCUT2D eigenvalue weighted by Gasteiger charge is -2.13. The first-order chi connectivity index (χ1) is 7.27. The second-order valence-electron chi connectivity index (χ2n) is 4.15. The van der Waals surface area contributed by atoms with Gasteiger partial charge in [-0.3, -0.25) is 14.9 Å². The number of carbonyl (C=O) groups excluding carboxylic acids is 2. The van der Waals surface area contributed by atoms with Crippen LogP contribution in [0.25, 0.3) is 0 Å². The molecule has 0 aliphatic carbocycles. The third-order valence-corrected chi connectivity index (χ3v) is 3.00. The van der Waals surface area contributed by atoms with Crippen molar-refractivity contribution in [3.05, 3.63) is 0 Å². The molecule has 16 heavy (non-hydrogen) atoms. The van der Waals surface area contributed by atoms with Gasteiger partial charge in [0.1, 0.15) is 0 Å². The molecule has 0 bridgehead atoms. The number of amides is 2. The van der Waals surface area contributed by atoms with Crippen LogP contribution < -0.4 is 16.0 Å². The molecule has 2 rings (SSSR count). The minimum atomic E-state index is -0.175. The molecule has 0 saturated carbocycles. The highest BCUT2D eigenvalue weighted by Gasteiger charge is 2.27. The van der Waals surface area contributed by atoms with Crippen LogP contribution in [0.15, 0.2) is 0 Å². The van der Waals surface area contributed by atoms with Crippen LogP contribution in [0.3, 0.4) is 0 Å². The van der Waals surface area contributed by atoms with Gasteiger partial charge in [-0.2, -0.15) is 0 Å². The standard InChI is InChI=1S/C10H17N3O2.ClH/c14-9(7-3-1-5-11-7)13-10(15)8-4-2-6-12-8;/h7-8,11-12H,1-6H2,(H,13,14,15);1H/t7-,8?;/m0./s1. The maximum absolute atomic E-state index is 11.6. The van der Waals surface area contributed by atoms with Gasteiger partial charge in [0.15, 0.2) is 0 Å². The quantitative estimate of drug-likeness (QED) is 0.579. The lowest BCUT2D eigenvalue weighted by atomic mass is 10.2. The molecule has 2 aliphatic heterocycles. The van der Waals surface area contributed by atoms with E-state index in [9.17, 15) is 9.59 Å². The van der Waals surface area contributed by atoms with Crippen LogP contribution in [0.5, 0.6) is 0 Å². The Morgan fingerprint density at radius 1 is 0.938 bits per heavy atom. The lowest BCUT2D eigenvalue weighted by molar-refractivity contribution is -0.132. The van der Waals surface area contributed by atoms with E-state index in [0.29, 0.717) is 0 Å². The Kier molecular flexibility index (Phi) is 5.18. The first-order valence-corrected chi connectivity index (χ1v) is 5.59. The molecule has 0 aromatic rings. The van der Waals surface area contributed by atoms with Gasteiger partial charge in [-0.1, -0.05) is 0 Å². The Labute approximate surface area is 101 Å². The summed E-state index contributed by atoms with van der Waals surface area (Å²) in [5, 5.41) is 8.60. The van der Waals surface area contributed by atoms with Crippen molar-refractivity contribution in [1.29, 1.82) is 0 Å². The van der Waals surface area contributed by atoms with Crippen LogP contribution in [-0.2, 0) is 9.59 Å². The molecule has 2 aliphatic rings. The third-order valence-electron chi connectivity index (χ3n) is 3.00. The summed E-state index contributed by atoms with van der Waals surface area (Å²) in [6.07, 6.45) is 3.68. The highest BCUT2D eigenvalue weighted by atomic mass is 35.5. The number of hydrogen-bond donors (Lipinski definition) is 3. The van der Waals surface area contributed by atoms with E-state index in [1.165, 1.54) is 0 Å². The van der Waals surface area contributed by atoms with Crippen molar-refractivity contribution in [3.8, 4) is 0 Å². The second kappa shape index (κ2) is 6.18. The fourth-order valence-corrected chi connectivity index (χ4v) is 2.11. The first-order valence-electron chi connectivity index (χ1n) is 5.59. The van der Waals surface area contributed by atoms with Crippen LogP contribution in [0, 0.1) is 0 Å². The number of imide groups is 1. The number of hydrogen-bond acceptors (Lipinski definition) is 4. The molecule has 6 heteroatoms. The molecule has 2 heterocycles. The maximum atomic E-state index is 11.6. The highest BCUT2D eigenvalue weighted by Crippen LogP contribution is 2.07. The zero-order valence-corrected chi connectivity index (χ0v) is 9.94. The van der Waals surface area contributed by atoms with Crippen LogP contribution in [0.4, 0.5) is 0 Å². The van der Waals surface area contributed by atoms with Gasteiger partial charge >= 0.3 is 0 Å². The summed E-state index contributed by atoms with van der Waals surface area (Å²) in [6.45, 7) is 1.74. The number of carbonyl (C=O) groups is 2. The Balaban J connectivity index is 0.00000128. The topological polar surface area (TPSA) is 70.2 Å². The number of rotatable bonds is 2. The van der Waals surface area contributed by atoms with Crippen molar-refractivity contribution in [3.63, 3.8) is 0 Å². The predicted molar refractivity (Wildman–Crippen MR) is 62.4 cm³/mol. The van der Waals surface area contributed by atoms with E-state index in [1.54, 1.807) is 0 Å². The monoisotopic (exact) mass is 247 g/mol. The number of nitrogens with one attached hydrogen (secondary N) is 3. The van der Waals surface area contributed by atoms with Crippen molar-refractivity contribution >= 4 is 24.2 Å². The van der Waals surface area contributed by atoms with Crippen LogP contribution >= 0.6 is 12.4 Å². The first kappa shape index (κ1) is 13.4. The molecule has 1 unspecified atom stereocenters. The molecule has 3 N–H and O–H groups in total. The van der Waals surface area contributed by atoms with E-state index in [2.05, 4.69) is 16.0 Å². The smallest absolute Gasteiger partial charge is 0.243 e. The Morgan fingerprint density at radius 3 is 1.69 bits per heavy atom.